The van der Waals surface area contributed by atoms with Gasteiger partial charge in [0.2, 0.25) is 5.13 Å². The smallest absolute Gasteiger partial charge is 0.212 e. The lowest BCUT2D eigenvalue weighted by molar-refractivity contribution is 0.584. The van der Waals surface area contributed by atoms with Crippen LogP contribution in [0.1, 0.15) is 34.0 Å². The molecule has 4 nitrogen and oxygen atoms in total. The minimum atomic E-state index is 0.0752. The van der Waals surface area contributed by atoms with Crippen molar-refractivity contribution in [2.75, 3.05) is 0 Å². The first kappa shape index (κ1) is 13.1. The van der Waals surface area contributed by atoms with E-state index in [-0.39, 0.29) is 5.96 Å². The van der Waals surface area contributed by atoms with Gasteiger partial charge in [-0.15, -0.1) is 0 Å². The molecule has 2 aromatic rings. The monoisotopic (exact) mass is 286 g/mol. The van der Waals surface area contributed by atoms with Crippen molar-refractivity contribution in [3.8, 4) is 0 Å². The Morgan fingerprint density at radius 2 is 2.05 bits per heavy atom. The fourth-order valence-electron chi connectivity index (χ4n) is 2.64. The summed E-state index contributed by atoms with van der Waals surface area (Å²) in [6.45, 7) is 2.12. The van der Waals surface area contributed by atoms with Crippen LogP contribution in [0.5, 0.6) is 0 Å². The molecule has 0 saturated carbocycles. The number of aromatic nitrogens is 1. The van der Waals surface area contributed by atoms with Crippen molar-refractivity contribution in [2.24, 2.45) is 16.5 Å². The number of hydrogen-bond donors (Lipinski definition) is 2. The lowest BCUT2D eigenvalue weighted by Crippen LogP contribution is -2.21. The maximum absolute atomic E-state index is 5.41. The van der Waals surface area contributed by atoms with Gasteiger partial charge in [0.15, 0.2) is 5.96 Å². The number of guanidine groups is 1. The van der Waals surface area contributed by atoms with Crippen LogP contribution in [0.3, 0.4) is 0 Å². The summed E-state index contributed by atoms with van der Waals surface area (Å²) in [5.41, 5.74) is 14.7. The number of nitrogens with zero attached hydrogens (tertiary/aromatic N) is 2. The summed E-state index contributed by atoms with van der Waals surface area (Å²) in [5, 5.41) is 0.680. The molecule has 0 fully saturated rings. The third-order valence-electron chi connectivity index (χ3n) is 3.70. The average molecular weight is 286 g/mol. The van der Waals surface area contributed by atoms with Crippen LogP contribution >= 0.6 is 11.3 Å². The van der Waals surface area contributed by atoms with E-state index in [2.05, 4.69) is 41.2 Å². The van der Waals surface area contributed by atoms with Crippen LogP contribution in [0.4, 0.5) is 5.13 Å². The van der Waals surface area contributed by atoms with Gasteiger partial charge in [0.25, 0.3) is 0 Å². The number of thiazole rings is 1. The SMILES string of the molecule is Cc1ccc(C2CCc3nc(N=C(N)N)sc3C2)cc1. The van der Waals surface area contributed by atoms with Gasteiger partial charge in [-0.25, -0.2) is 4.98 Å². The molecular formula is C15H18N4S. The number of hydrogen-bond acceptors (Lipinski definition) is 3. The Morgan fingerprint density at radius 1 is 1.30 bits per heavy atom. The summed E-state index contributed by atoms with van der Waals surface area (Å²) in [7, 11) is 0. The zero-order chi connectivity index (χ0) is 14.1. The van der Waals surface area contributed by atoms with Crippen molar-refractivity contribution in [1.29, 1.82) is 0 Å². The third-order valence-corrected chi connectivity index (χ3v) is 4.72. The van der Waals surface area contributed by atoms with E-state index in [1.807, 2.05) is 0 Å². The highest BCUT2D eigenvalue weighted by Gasteiger charge is 2.23. The third kappa shape index (κ3) is 2.67. The number of aliphatic imine (C=N–C) groups is 1. The Labute approximate surface area is 122 Å². The molecule has 4 N–H and O–H groups in total. The minimum absolute atomic E-state index is 0.0752. The van der Waals surface area contributed by atoms with E-state index in [9.17, 15) is 0 Å². The Kier molecular flexibility index (Phi) is 3.44. The molecule has 1 unspecified atom stereocenters. The summed E-state index contributed by atoms with van der Waals surface area (Å²) in [5.74, 6) is 0.654. The van der Waals surface area contributed by atoms with E-state index in [0.717, 1.165) is 19.3 Å². The predicted molar refractivity (Wildman–Crippen MR) is 83.5 cm³/mol. The van der Waals surface area contributed by atoms with Crippen LogP contribution in [0.2, 0.25) is 0 Å². The van der Waals surface area contributed by atoms with Gasteiger partial charge >= 0.3 is 0 Å². The van der Waals surface area contributed by atoms with Crippen molar-refractivity contribution in [3.05, 3.63) is 46.0 Å². The molecule has 0 saturated heterocycles. The van der Waals surface area contributed by atoms with Gasteiger partial charge in [-0.2, -0.15) is 4.99 Å². The highest BCUT2D eigenvalue weighted by molar-refractivity contribution is 7.15. The van der Waals surface area contributed by atoms with Crippen molar-refractivity contribution in [3.63, 3.8) is 0 Å². The molecule has 20 heavy (non-hydrogen) atoms. The average Bonchev–Trinajstić information content (AvgIpc) is 2.79. The molecule has 5 heteroatoms. The Morgan fingerprint density at radius 3 is 2.75 bits per heavy atom. The summed E-state index contributed by atoms with van der Waals surface area (Å²) >= 11 is 1.61. The molecule has 1 aliphatic rings. The van der Waals surface area contributed by atoms with E-state index in [1.54, 1.807) is 11.3 Å². The fourth-order valence-corrected chi connectivity index (χ4v) is 3.72. The largest absolute Gasteiger partial charge is 0.370 e. The second-order valence-corrected chi connectivity index (χ2v) is 6.32. The highest BCUT2D eigenvalue weighted by Crippen LogP contribution is 2.37. The number of rotatable bonds is 2. The molecule has 1 atom stereocenters. The van der Waals surface area contributed by atoms with Crippen LogP contribution in [-0.2, 0) is 12.8 Å². The number of fused-ring (bicyclic) bond motifs is 1. The molecule has 1 aromatic carbocycles. The molecule has 1 aromatic heterocycles. The van der Waals surface area contributed by atoms with Gasteiger partial charge in [0, 0.05) is 4.88 Å². The minimum Gasteiger partial charge on any atom is -0.370 e. The molecule has 1 heterocycles. The number of aryl methyl sites for hydroxylation is 2. The number of benzene rings is 1. The molecule has 0 amide bonds. The first-order valence-electron chi connectivity index (χ1n) is 6.76. The second kappa shape index (κ2) is 5.25. The second-order valence-electron chi connectivity index (χ2n) is 5.25. The van der Waals surface area contributed by atoms with Gasteiger partial charge in [-0.1, -0.05) is 41.2 Å². The van der Waals surface area contributed by atoms with Gasteiger partial charge in [0.05, 0.1) is 5.69 Å². The Bertz CT molecular complexity index is 638. The molecule has 0 radical (unpaired) electrons. The quantitative estimate of drug-likeness (QED) is 0.658. The van der Waals surface area contributed by atoms with Gasteiger partial charge in [0.1, 0.15) is 0 Å². The Balaban J connectivity index is 1.83. The topological polar surface area (TPSA) is 77.3 Å². The molecule has 104 valence electrons. The molecule has 1 aliphatic carbocycles. The van der Waals surface area contributed by atoms with Gasteiger partial charge < -0.3 is 11.5 Å². The number of nitrogens with two attached hydrogens (primary N) is 2. The van der Waals surface area contributed by atoms with Gasteiger partial charge in [-0.05, 0) is 37.7 Å². The van der Waals surface area contributed by atoms with E-state index in [1.165, 1.54) is 21.7 Å². The van der Waals surface area contributed by atoms with Gasteiger partial charge in [-0.3, -0.25) is 0 Å². The van der Waals surface area contributed by atoms with Crippen LogP contribution in [-0.4, -0.2) is 10.9 Å². The molecule has 0 bridgehead atoms. The molecule has 0 spiro atoms. The van der Waals surface area contributed by atoms with E-state index < -0.39 is 0 Å². The standard InChI is InChI=1S/C15H18N4S/c1-9-2-4-10(5-3-9)11-6-7-12-13(8-11)20-15(18-12)19-14(16)17/h2-5,11H,6-8H2,1H3,(H4,16,17,18,19). The summed E-state index contributed by atoms with van der Waals surface area (Å²) in [4.78, 5) is 9.88. The molecule has 0 aliphatic heterocycles. The highest BCUT2D eigenvalue weighted by atomic mass is 32.1. The zero-order valence-electron chi connectivity index (χ0n) is 11.5. The zero-order valence-corrected chi connectivity index (χ0v) is 12.3. The maximum atomic E-state index is 5.41. The fraction of sp³-hybridized carbons (Fsp3) is 0.333. The lowest BCUT2D eigenvalue weighted by Gasteiger charge is -2.21. The summed E-state index contributed by atoms with van der Waals surface area (Å²) in [6, 6.07) is 8.84. The van der Waals surface area contributed by atoms with E-state index in [0.29, 0.717) is 11.0 Å². The van der Waals surface area contributed by atoms with E-state index in [4.69, 9.17) is 11.5 Å². The van der Waals surface area contributed by atoms with Crippen molar-refractivity contribution >= 4 is 22.4 Å². The molecule has 3 rings (SSSR count). The van der Waals surface area contributed by atoms with Crippen LogP contribution in [0, 0.1) is 6.92 Å². The van der Waals surface area contributed by atoms with Crippen LogP contribution in [0.25, 0.3) is 0 Å². The van der Waals surface area contributed by atoms with E-state index >= 15 is 0 Å². The van der Waals surface area contributed by atoms with Crippen molar-refractivity contribution in [1.82, 2.24) is 4.98 Å². The summed E-state index contributed by atoms with van der Waals surface area (Å²) < 4.78 is 0. The predicted octanol–water partition coefficient (Wildman–Crippen LogP) is 2.63. The maximum Gasteiger partial charge on any atom is 0.212 e. The van der Waals surface area contributed by atoms with Crippen LogP contribution < -0.4 is 11.5 Å². The lowest BCUT2D eigenvalue weighted by atomic mass is 9.85. The molecular weight excluding hydrogens is 268 g/mol. The van der Waals surface area contributed by atoms with Crippen molar-refractivity contribution in [2.45, 2.75) is 32.1 Å². The summed E-state index contributed by atoms with van der Waals surface area (Å²) in [6.07, 6.45) is 3.18. The normalized spacial score (nSPS) is 17.6. The Hall–Kier alpha value is -1.88. The first-order chi connectivity index (χ1) is 9.61. The van der Waals surface area contributed by atoms with Crippen LogP contribution in [0.15, 0.2) is 29.3 Å². The van der Waals surface area contributed by atoms with Crippen molar-refractivity contribution < 1.29 is 0 Å². The first-order valence-corrected chi connectivity index (χ1v) is 7.58.